The maximum absolute atomic E-state index is 11.9. The van der Waals surface area contributed by atoms with E-state index in [2.05, 4.69) is 17.4 Å². The van der Waals surface area contributed by atoms with Gasteiger partial charge in [-0.15, -0.1) is 0 Å². The first-order chi connectivity index (χ1) is 10.3. The highest BCUT2D eigenvalue weighted by Gasteiger charge is 2.20. The van der Waals surface area contributed by atoms with Crippen LogP contribution in [0.1, 0.15) is 23.1 Å². The van der Waals surface area contributed by atoms with Crippen LogP contribution in [0, 0.1) is 0 Å². The molecule has 21 heavy (non-hydrogen) atoms. The fourth-order valence-electron chi connectivity index (χ4n) is 3.77. The standard InChI is InChI=1S/C17H20N2O2/c20-17-10-14(11-19-6-4-18-5-7-19)15-8-12-2-1-3-13(12)9-16(15)21-17/h8-10,18H,1-7,11H2/p+2. The summed E-state index contributed by atoms with van der Waals surface area (Å²) >= 11 is 0. The third-order valence-electron chi connectivity index (χ3n) is 4.89. The molecule has 0 unspecified atom stereocenters. The van der Waals surface area contributed by atoms with Crippen molar-refractivity contribution >= 4 is 11.0 Å². The topological polar surface area (TPSA) is 51.3 Å². The Morgan fingerprint density at radius 3 is 2.67 bits per heavy atom. The van der Waals surface area contributed by atoms with Crippen molar-refractivity contribution in [2.45, 2.75) is 25.8 Å². The van der Waals surface area contributed by atoms with Gasteiger partial charge in [0.05, 0.1) is 0 Å². The maximum Gasteiger partial charge on any atom is 0.336 e. The third-order valence-corrected chi connectivity index (χ3v) is 4.89. The van der Waals surface area contributed by atoms with E-state index in [-0.39, 0.29) is 5.63 Å². The molecule has 0 atom stereocenters. The Kier molecular flexibility index (Phi) is 3.28. The van der Waals surface area contributed by atoms with E-state index in [9.17, 15) is 4.79 Å². The molecule has 4 heteroatoms. The number of nitrogens with two attached hydrogens (primary N) is 1. The molecule has 0 bridgehead atoms. The van der Waals surface area contributed by atoms with E-state index in [4.69, 9.17) is 4.42 Å². The average Bonchev–Trinajstić information content (AvgIpc) is 2.93. The first kappa shape index (κ1) is 13.0. The lowest BCUT2D eigenvalue weighted by Gasteiger charge is -2.22. The Hall–Kier alpha value is -1.65. The molecular weight excluding hydrogens is 264 g/mol. The summed E-state index contributed by atoms with van der Waals surface area (Å²) in [7, 11) is 0. The molecule has 2 aromatic rings. The quantitative estimate of drug-likeness (QED) is 0.713. The van der Waals surface area contributed by atoms with Gasteiger partial charge in [-0.05, 0) is 42.5 Å². The van der Waals surface area contributed by atoms with E-state index >= 15 is 0 Å². The molecule has 4 rings (SSSR count). The van der Waals surface area contributed by atoms with Gasteiger partial charge in [0.25, 0.3) is 0 Å². The molecule has 1 aliphatic carbocycles. The number of hydrogen-bond acceptors (Lipinski definition) is 2. The summed E-state index contributed by atoms with van der Waals surface area (Å²) in [5.41, 5.74) is 4.54. The van der Waals surface area contributed by atoms with Crippen LogP contribution in [0.15, 0.2) is 27.4 Å². The first-order valence-corrected chi connectivity index (χ1v) is 8.03. The van der Waals surface area contributed by atoms with Crippen LogP contribution in [-0.4, -0.2) is 26.2 Å². The van der Waals surface area contributed by atoms with Crippen LogP contribution in [0.4, 0.5) is 0 Å². The summed E-state index contributed by atoms with van der Waals surface area (Å²) in [4.78, 5) is 13.4. The van der Waals surface area contributed by atoms with Gasteiger partial charge in [0, 0.05) is 17.0 Å². The molecule has 1 aromatic heterocycles. The van der Waals surface area contributed by atoms with Gasteiger partial charge >= 0.3 is 5.63 Å². The van der Waals surface area contributed by atoms with Crippen LogP contribution < -0.4 is 15.8 Å². The van der Waals surface area contributed by atoms with E-state index in [0.717, 1.165) is 35.9 Å². The molecule has 1 saturated heterocycles. The van der Waals surface area contributed by atoms with Crippen LogP contribution in [0.25, 0.3) is 11.0 Å². The normalized spacial score (nSPS) is 19.0. The Labute approximate surface area is 123 Å². The maximum atomic E-state index is 11.9. The zero-order valence-electron chi connectivity index (χ0n) is 12.3. The lowest BCUT2D eigenvalue weighted by molar-refractivity contribution is -0.957. The second kappa shape index (κ2) is 5.28. The van der Waals surface area contributed by atoms with Crippen molar-refractivity contribution in [2.24, 2.45) is 0 Å². The number of benzene rings is 1. The van der Waals surface area contributed by atoms with Gasteiger partial charge in [-0.3, -0.25) is 0 Å². The van der Waals surface area contributed by atoms with Crippen molar-refractivity contribution in [3.05, 3.63) is 45.3 Å². The Bertz CT molecular complexity index is 729. The van der Waals surface area contributed by atoms with E-state index in [0.29, 0.717) is 0 Å². The Morgan fingerprint density at radius 2 is 1.86 bits per heavy atom. The van der Waals surface area contributed by atoms with Crippen molar-refractivity contribution < 1.29 is 14.6 Å². The monoisotopic (exact) mass is 286 g/mol. The number of fused-ring (bicyclic) bond motifs is 2. The molecule has 1 aromatic carbocycles. The number of aryl methyl sites for hydroxylation is 2. The largest absolute Gasteiger partial charge is 0.423 e. The van der Waals surface area contributed by atoms with E-state index < -0.39 is 0 Å². The molecule has 0 spiro atoms. The van der Waals surface area contributed by atoms with Crippen molar-refractivity contribution in [1.82, 2.24) is 0 Å². The van der Waals surface area contributed by atoms with Gasteiger partial charge in [0.15, 0.2) is 0 Å². The van der Waals surface area contributed by atoms with Gasteiger partial charge in [-0.25, -0.2) is 4.79 Å². The van der Waals surface area contributed by atoms with Crippen molar-refractivity contribution in [3.63, 3.8) is 0 Å². The van der Waals surface area contributed by atoms with Crippen molar-refractivity contribution in [2.75, 3.05) is 26.2 Å². The predicted octanol–water partition coefficient (Wildman–Crippen LogP) is -0.756. The molecule has 3 N–H and O–H groups in total. The van der Waals surface area contributed by atoms with Crippen molar-refractivity contribution in [1.29, 1.82) is 0 Å². The fraction of sp³-hybridized carbons (Fsp3) is 0.471. The summed E-state index contributed by atoms with van der Waals surface area (Å²) in [5, 5.41) is 3.52. The zero-order chi connectivity index (χ0) is 14.2. The number of quaternary nitrogens is 2. The minimum absolute atomic E-state index is 0.210. The Balaban J connectivity index is 1.77. The highest BCUT2D eigenvalue weighted by Crippen LogP contribution is 2.28. The van der Waals surface area contributed by atoms with E-state index in [1.807, 2.05) is 0 Å². The number of rotatable bonds is 2. The van der Waals surface area contributed by atoms with Crippen LogP contribution >= 0.6 is 0 Å². The summed E-state index contributed by atoms with van der Waals surface area (Å²) in [5.74, 6) is 0. The molecule has 2 heterocycles. The lowest BCUT2D eigenvalue weighted by atomic mass is 10.0. The predicted molar refractivity (Wildman–Crippen MR) is 80.6 cm³/mol. The SMILES string of the molecule is O=c1cc(C[NH+]2CC[NH2+]CC2)c2cc3c(cc2o1)CCC3. The highest BCUT2D eigenvalue weighted by molar-refractivity contribution is 5.82. The number of nitrogens with one attached hydrogen (secondary N) is 1. The molecular formula is C17H22N2O2+2. The van der Waals surface area contributed by atoms with Gasteiger partial charge in [0.2, 0.25) is 0 Å². The zero-order valence-corrected chi connectivity index (χ0v) is 12.3. The second-order valence-electron chi connectivity index (χ2n) is 6.35. The summed E-state index contributed by atoms with van der Waals surface area (Å²) in [6, 6.07) is 6.07. The van der Waals surface area contributed by atoms with Crippen LogP contribution in [0.5, 0.6) is 0 Å². The molecule has 110 valence electrons. The third kappa shape index (κ3) is 2.49. The molecule has 1 fully saturated rings. The number of hydrogen-bond donors (Lipinski definition) is 2. The molecule has 0 radical (unpaired) electrons. The molecule has 2 aliphatic rings. The number of piperazine rings is 1. The van der Waals surface area contributed by atoms with Gasteiger partial charge in [0.1, 0.15) is 38.3 Å². The molecule has 4 nitrogen and oxygen atoms in total. The van der Waals surface area contributed by atoms with Gasteiger partial charge in [-0.2, -0.15) is 0 Å². The molecule has 1 aliphatic heterocycles. The summed E-state index contributed by atoms with van der Waals surface area (Å²) < 4.78 is 5.45. The average molecular weight is 286 g/mol. The fourth-order valence-corrected chi connectivity index (χ4v) is 3.77. The first-order valence-electron chi connectivity index (χ1n) is 8.03. The Morgan fingerprint density at radius 1 is 1.10 bits per heavy atom. The molecule has 0 saturated carbocycles. The highest BCUT2D eigenvalue weighted by atomic mass is 16.4. The summed E-state index contributed by atoms with van der Waals surface area (Å²) in [6.07, 6.45) is 3.50. The van der Waals surface area contributed by atoms with E-state index in [1.54, 1.807) is 11.0 Å². The van der Waals surface area contributed by atoms with Gasteiger partial charge in [-0.1, -0.05) is 0 Å². The van der Waals surface area contributed by atoms with Crippen LogP contribution in [-0.2, 0) is 19.4 Å². The smallest absolute Gasteiger partial charge is 0.336 e. The van der Waals surface area contributed by atoms with Crippen LogP contribution in [0.2, 0.25) is 0 Å². The van der Waals surface area contributed by atoms with Crippen LogP contribution in [0.3, 0.4) is 0 Å². The molecule has 0 amide bonds. The minimum Gasteiger partial charge on any atom is -0.423 e. The minimum atomic E-state index is -0.210. The summed E-state index contributed by atoms with van der Waals surface area (Å²) in [6.45, 7) is 5.66. The second-order valence-corrected chi connectivity index (χ2v) is 6.35. The van der Waals surface area contributed by atoms with E-state index in [1.165, 1.54) is 43.7 Å². The van der Waals surface area contributed by atoms with Crippen molar-refractivity contribution in [3.8, 4) is 0 Å². The van der Waals surface area contributed by atoms with Gasteiger partial charge < -0.3 is 14.6 Å². The lowest BCUT2D eigenvalue weighted by Crippen LogP contribution is -3.19.